The van der Waals surface area contributed by atoms with E-state index in [1.54, 1.807) is 0 Å². The molecular weight excluding hydrogens is 598 g/mol. The normalized spacial score (nSPS) is 22.7. The molecule has 1 heterocycles. The summed E-state index contributed by atoms with van der Waals surface area (Å²) in [4.78, 5) is 12.9. The Labute approximate surface area is 287 Å². The summed E-state index contributed by atoms with van der Waals surface area (Å²) in [6.45, 7) is 3.81. The first-order chi connectivity index (χ1) is 22.8. The molecule has 0 aromatic rings. The second-order valence-electron chi connectivity index (χ2n) is 14.1. The number of hydrogen-bond acceptors (Lipinski definition) is 8. The van der Waals surface area contributed by atoms with E-state index >= 15 is 0 Å². The topological polar surface area (TPSA) is 149 Å². The molecule has 0 aliphatic carbocycles. The smallest absolute Gasteiger partial charge is 0.220 e. The van der Waals surface area contributed by atoms with E-state index in [0.717, 1.165) is 38.5 Å². The van der Waals surface area contributed by atoms with E-state index in [0.29, 0.717) is 12.8 Å². The van der Waals surface area contributed by atoms with Crippen LogP contribution < -0.4 is 5.32 Å². The molecule has 9 nitrogen and oxygen atoms in total. The second kappa shape index (κ2) is 30.1. The zero-order valence-corrected chi connectivity index (χ0v) is 30.3. The number of carbonyl (C=O) groups is 1. The highest BCUT2D eigenvalue weighted by Crippen LogP contribution is 2.23. The first-order valence-corrected chi connectivity index (χ1v) is 19.7. The van der Waals surface area contributed by atoms with Crippen LogP contribution in [-0.2, 0) is 14.3 Å². The lowest BCUT2D eigenvalue weighted by molar-refractivity contribution is -0.302. The monoisotopic (exact) mass is 674 g/mol. The number of carbonyl (C=O) groups excluding carboxylic acids is 1. The molecule has 1 fully saturated rings. The van der Waals surface area contributed by atoms with Gasteiger partial charge >= 0.3 is 0 Å². The maximum atomic E-state index is 12.9. The average molecular weight is 674 g/mol. The van der Waals surface area contributed by atoms with Crippen LogP contribution in [0.15, 0.2) is 0 Å². The van der Waals surface area contributed by atoms with Gasteiger partial charge in [-0.15, -0.1) is 0 Å². The molecule has 0 bridgehead atoms. The number of nitrogens with one attached hydrogen (secondary N) is 1. The van der Waals surface area contributed by atoms with Crippen molar-refractivity contribution in [3.8, 4) is 0 Å². The van der Waals surface area contributed by atoms with Crippen LogP contribution in [0, 0.1) is 0 Å². The van der Waals surface area contributed by atoms with Gasteiger partial charge < -0.3 is 40.3 Å². The molecule has 0 radical (unpaired) electrons. The fourth-order valence-electron chi connectivity index (χ4n) is 6.45. The largest absolute Gasteiger partial charge is 0.394 e. The van der Waals surface area contributed by atoms with E-state index in [1.807, 2.05) is 0 Å². The van der Waals surface area contributed by atoms with Crippen LogP contribution in [0.5, 0.6) is 0 Å². The third kappa shape index (κ3) is 21.8. The lowest BCUT2D eigenvalue weighted by Crippen LogP contribution is -2.60. The lowest BCUT2D eigenvalue weighted by Gasteiger charge is -2.40. The van der Waals surface area contributed by atoms with Crippen molar-refractivity contribution in [2.24, 2.45) is 0 Å². The van der Waals surface area contributed by atoms with Crippen molar-refractivity contribution in [2.75, 3.05) is 13.2 Å². The van der Waals surface area contributed by atoms with Crippen LogP contribution in [0.2, 0.25) is 0 Å². The van der Waals surface area contributed by atoms with Crippen molar-refractivity contribution in [3.63, 3.8) is 0 Å². The minimum absolute atomic E-state index is 0.133. The molecule has 1 amide bonds. The van der Waals surface area contributed by atoms with Crippen molar-refractivity contribution in [1.82, 2.24) is 5.32 Å². The molecule has 0 saturated carbocycles. The third-order valence-corrected chi connectivity index (χ3v) is 9.71. The molecule has 0 aromatic carbocycles. The standard InChI is InChI=1S/C38H75NO8/c1-3-5-7-9-11-13-15-17-19-21-23-25-27-32(41)31(30-46-38-37(45)36(44)35(43)33(29-40)47-38)39-34(42)28-26-24-22-20-18-16-14-12-10-8-6-4-2/h31-33,35-38,40-41,43-45H,3-30H2,1-2H3,(H,39,42). The SMILES string of the molecule is CCCCCCCCCCCCCCC(=O)NC(COC1OC(CO)C(O)C(O)C1O)C(O)CCCCCCCCCCCCCC. The van der Waals surface area contributed by atoms with Crippen LogP contribution in [-0.4, -0.2) is 87.5 Å². The Morgan fingerprint density at radius 3 is 1.51 bits per heavy atom. The number of unbranched alkanes of at least 4 members (excludes halogenated alkanes) is 22. The van der Waals surface area contributed by atoms with Crippen LogP contribution in [0.1, 0.15) is 181 Å². The van der Waals surface area contributed by atoms with Gasteiger partial charge in [0.25, 0.3) is 0 Å². The van der Waals surface area contributed by atoms with Gasteiger partial charge in [0, 0.05) is 6.42 Å². The van der Waals surface area contributed by atoms with Crippen molar-refractivity contribution in [2.45, 2.75) is 224 Å². The van der Waals surface area contributed by atoms with E-state index < -0.39 is 49.5 Å². The maximum absolute atomic E-state index is 12.9. The quantitative estimate of drug-likeness (QED) is 0.0426. The van der Waals surface area contributed by atoms with E-state index in [1.165, 1.54) is 116 Å². The van der Waals surface area contributed by atoms with E-state index in [2.05, 4.69) is 19.2 Å². The number of rotatable bonds is 32. The molecule has 1 aliphatic rings. The summed E-state index contributed by atoms with van der Waals surface area (Å²) in [5.41, 5.74) is 0. The van der Waals surface area contributed by atoms with Crippen molar-refractivity contribution < 1.29 is 39.8 Å². The fourth-order valence-corrected chi connectivity index (χ4v) is 6.45. The molecule has 7 unspecified atom stereocenters. The Bertz CT molecular complexity index is 711. The summed E-state index contributed by atoms with van der Waals surface area (Å²) in [5.74, 6) is -0.145. The highest BCUT2D eigenvalue weighted by molar-refractivity contribution is 5.76. The van der Waals surface area contributed by atoms with E-state index in [9.17, 15) is 30.3 Å². The minimum Gasteiger partial charge on any atom is -0.394 e. The summed E-state index contributed by atoms with van der Waals surface area (Å²) in [5, 5.41) is 54.0. The molecule has 1 saturated heterocycles. The third-order valence-electron chi connectivity index (χ3n) is 9.71. The van der Waals surface area contributed by atoms with Gasteiger partial charge in [-0.3, -0.25) is 4.79 Å². The van der Waals surface area contributed by atoms with Gasteiger partial charge in [0.2, 0.25) is 5.91 Å². The van der Waals surface area contributed by atoms with Crippen LogP contribution >= 0.6 is 0 Å². The Hall–Kier alpha value is -0.810. The first-order valence-electron chi connectivity index (χ1n) is 19.7. The number of hydrogen-bond donors (Lipinski definition) is 6. The number of ether oxygens (including phenoxy) is 2. The van der Waals surface area contributed by atoms with Crippen molar-refractivity contribution in [1.29, 1.82) is 0 Å². The summed E-state index contributed by atoms with van der Waals surface area (Å²) < 4.78 is 11.2. The number of aliphatic hydroxyl groups is 5. The maximum Gasteiger partial charge on any atom is 0.220 e. The van der Waals surface area contributed by atoms with Gasteiger partial charge in [0.15, 0.2) is 6.29 Å². The average Bonchev–Trinajstić information content (AvgIpc) is 3.07. The van der Waals surface area contributed by atoms with E-state index in [4.69, 9.17) is 9.47 Å². The van der Waals surface area contributed by atoms with Crippen LogP contribution in [0.4, 0.5) is 0 Å². The van der Waals surface area contributed by atoms with Gasteiger partial charge in [-0.05, 0) is 12.8 Å². The molecule has 1 rings (SSSR count). The highest BCUT2D eigenvalue weighted by atomic mass is 16.7. The minimum atomic E-state index is -1.55. The Balaban J connectivity index is 2.41. The van der Waals surface area contributed by atoms with Crippen LogP contribution in [0.25, 0.3) is 0 Å². The molecular formula is C38H75NO8. The van der Waals surface area contributed by atoms with Crippen molar-refractivity contribution >= 4 is 5.91 Å². The van der Waals surface area contributed by atoms with E-state index in [-0.39, 0.29) is 12.5 Å². The molecule has 280 valence electrons. The molecule has 6 N–H and O–H groups in total. The molecule has 47 heavy (non-hydrogen) atoms. The van der Waals surface area contributed by atoms with Gasteiger partial charge in [-0.1, -0.05) is 162 Å². The predicted molar refractivity (Wildman–Crippen MR) is 189 cm³/mol. The van der Waals surface area contributed by atoms with Gasteiger partial charge in [0.1, 0.15) is 24.4 Å². The fraction of sp³-hybridized carbons (Fsp3) is 0.974. The molecule has 0 spiro atoms. The molecule has 7 atom stereocenters. The summed E-state index contributed by atoms with van der Waals surface area (Å²) in [6, 6.07) is -0.708. The van der Waals surface area contributed by atoms with Gasteiger partial charge in [0.05, 0.1) is 25.4 Å². The Morgan fingerprint density at radius 1 is 0.638 bits per heavy atom. The van der Waals surface area contributed by atoms with Gasteiger partial charge in [-0.2, -0.15) is 0 Å². The summed E-state index contributed by atoms with van der Waals surface area (Å²) in [7, 11) is 0. The zero-order chi connectivity index (χ0) is 34.5. The summed E-state index contributed by atoms with van der Waals surface area (Å²) >= 11 is 0. The summed E-state index contributed by atoms with van der Waals surface area (Å²) in [6.07, 6.45) is 22.5. The van der Waals surface area contributed by atoms with Gasteiger partial charge in [-0.25, -0.2) is 0 Å². The lowest BCUT2D eigenvalue weighted by atomic mass is 9.99. The predicted octanol–water partition coefficient (Wildman–Crippen LogP) is 6.83. The highest BCUT2D eigenvalue weighted by Gasteiger charge is 2.44. The first kappa shape index (κ1) is 44.2. The Morgan fingerprint density at radius 2 is 1.06 bits per heavy atom. The van der Waals surface area contributed by atoms with Crippen LogP contribution in [0.3, 0.4) is 0 Å². The molecule has 1 aliphatic heterocycles. The van der Waals surface area contributed by atoms with Crippen molar-refractivity contribution in [3.05, 3.63) is 0 Å². The second-order valence-corrected chi connectivity index (χ2v) is 14.1. The number of amides is 1. The number of aliphatic hydroxyl groups excluding tert-OH is 5. The zero-order valence-electron chi connectivity index (χ0n) is 30.3. The molecule has 0 aromatic heterocycles. The molecule has 9 heteroatoms. The Kier molecular flexibility index (Phi) is 28.3.